The van der Waals surface area contributed by atoms with E-state index in [0.29, 0.717) is 0 Å². The maximum Gasteiger partial charge on any atom is 0.139 e. The van der Waals surface area contributed by atoms with Crippen LogP contribution < -0.4 is 5.32 Å². The van der Waals surface area contributed by atoms with Crippen molar-refractivity contribution in [2.24, 2.45) is 5.41 Å². The van der Waals surface area contributed by atoms with Crippen LogP contribution in [0.4, 0.5) is 0 Å². The molecule has 0 spiro atoms. The zero-order valence-corrected chi connectivity index (χ0v) is 18.8. The first-order valence-corrected chi connectivity index (χ1v) is 10.4. The third-order valence-corrected chi connectivity index (χ3v) is 6.26. The van der Waals surface area contributed by atoms with E-state index < -0.39 is 5.54 Å². The van der Waals surface area contributed by atoms with Crippen molar-refractivity contribution in [2.75, 3.05) is 13.7 Å². The van der Waals surface area contributed by atoms with Crippen molar-refractivity contribution < 1.29 is 9.53 Å². The van der Waals surface area contributed by atoms with Crippen LogP contribution in [0, 0.1) is 5.41 Å². The number of rotatable bonds is 11. The van der Waals surface area contributed by atoms with E-state index in [1.165, 1.54) is 29.6 Å². The fourth-order valence-corrected chi connectivity index (χ4v) is 3.55. The van der Waals surface area contributed by atoms with Crippen LogP contribution in [0.1, 0.15) is 86.5 Å². The first-order valence-electron chi connectivity index (χ1n) is 10.4. The van der Waals surface area contributed by atoms with Gasteiger partial charge in [0.15, 0.2) is 0 Å². The quantitative estimate of drug-likeness (QED) is 0.269. The maximum atomic E-state index is 11.2. The lowest BCUT2D eigenvalue weighted by Gasteiger charge is -2.35. The van der Waals surface area contributed by atoms with Gasteiger partial charge in [-0.2, -0.15) is 0 Å². The zero-order chi connectivity index (χ0) is 20.7. The Hall–Kier alpha value is -1.35. The number of likely N-dealkylation sites (N-methyl/N-ethyl adjacent to an activating group) is 1. The number of ether oxygens (including phenoxy) is 1. The van der Waals surface area contributed by atoms with Gasteiger partial charge in [0.2, 0.25) is 0 Å². The molecule has 0 amide bonds. The van der Waals surface area contributed by atoms with E-state index in [1.54, 1.807) is 5.57 Å². The minimum Gasteiger partial charge on any atom is -0.498 e. The van der Waals surface area contributed by atoms with Crippen LogP contribution in [0.15, 0.2) is 34.6 Å². The summed E-state index contributed by atoms with van der Waals surface area (Å²) in [6.45, 7) is 18.0. The number of allylic oxidation sites excluding steroid dienone is 5. The van der Waals surface area contributed by atoms with Crippen molar-refractivity contribution in [2.45, 2.75) is 92.0 Å². The van der Waals surface area contributed by atoms with Crippen LogP contribution in [-0.2, 0) is 9.53 Å². The van der Waals surface area contributed by atoms with Crippen LogP contribution in [0.2, 0.25) is 0 Å². The molecule has 1 N–H and O–H groups in total. The molecule has 0 fully saturated rings. The molecule has 0 aromatic rings. The summed E-state index contributed by atoms with van der Waals surface area (Å²) in [5.74, 6) is 1.03. The Bertz CT molecular complexity index is 594. The van der Waals surface area contributed by atoms with Crippen molar-refractivity contribution in [3.63, 3.8) is 0 Å². The Kier molecular flexibility index (Phi) is 9.01. The lowest BCUT2D eigenvalue weighted by Crippen LogP contribution is -2.41. The van der Waals surface area contributed by atoms with Gasteiger partial charge in [-0.05, 0) is 95.4 Å². The molecule has 3 heteroatoms. The number of aldehydes is 1. The van der Waals surface area contributed by atoms with Crippen LogP contribution >= 0.6 is 0 Å². The molecule has 3 nitrogen and oxygen atoms in total. The summed E-state index contributed by atoms with van der Waals surface area (Å²) < 4.78 is 6.06. The van der Waals surface area contributed by atoms with E-state index >= 15 is 0 Å². The molecule has 0 saturated carbocycles. The molecule has 0 bridgehead atoms. The first-order chi connectivity index (χ1) is 12.6. The summed E-state index contributed by atoms with van der Waals surface area (Å²) >= 11 is 0. The molecule has 27 heavy (non-hydrogen) atoms. The van der Waals surface area contributed by atoms with Gasteiger partial charge in [-0.15, -0.1) is 0 Å². The van der Waals surface area contributed by atoms with Crippen molar-refractivity contribution in [1.82, 2.24) is 5.32 Å². The molecule has 1 aliphatic carbocycles. The fourth-order valence-electron chi connectivity index (χ4n) is 3.55. The van der Waals surface area contributed by atoms with Gasteiger partial charge < -0.3 is 14.8 Å². The van der Waals surface area contributed by atoms with Gasteiger partial charge in [-0.3, -0.25) is 0 Å². The van der Waals surface area contributed by atoms with Crippen LogP contribution in [-0.4, -0.2) is 25.5 Å². The number of nitrogens with one attached hydrogen (secondary N) is 1. The van der Waals surface area contributed by atoms with Crippen molar-refractivity contribution >= 4 is 6.29 Å². The van der Waals surface area contributed by atoms with E-state index in [2.05, 4.69) is 46.5 Å². The fraction of sp³-hybridized carbons (Fsp3) is 0.708. The molecule has 0 saturated heterocycles. The summed E-state index contributed by atoms with van der Waals surface area (Å²) in [4.78, 5) is 11.2. The van der Waals surface area contributed by atoms with Crippen LogP contribution in [0.3, 0.4) is 0 Å². The second kappa shape index (κ2) is 10.3. The second-order valence-corrected chi connectivity index (χ2v) is 9.11. The molecule has 0 radical (unpaired) electrons. The highest BCUT2D eigenvalue weighted by Gasteiger charge is 2.28. The Balaban J connectivity index is 2.44. The lowest BCUT2D eigenvalue weighted by atomic mass is 9.70. The van der Waals surface area contributed by atoms with Crippen LogP contribution in [0.5, 0.6) is 0 Å². The highest BCUT2D eigenvalue weighted by atomic mass is 16.5. The number of unbranched alkanes of at least 4 members (excludes halogenated alkanes) is 1. The maximum absolute atomic E-state index is 11.2. The van der Waals surface area contributed by atoms with E-state index in [-0.39, 0.29) is 5.41 Å². The van der Waals surface area contributed by atoms with E-state index in [1.807, 2.05) is 14.0 Å². The zero-order valence-electron chi connectivity index (χ0n) is 18.8. The lowest BCUT2D eigenvalue weighted by molar-refractivity contribution is -0.112. The van der Waals surface area contributed by atoms with Gasteiger partial charge in [0.1, 0.15) is 6.29 Å². The molecular weight excluding hydrogens is 334 g/mol. The molecule has 154 valence electrons. The van der Waals surface area contributed by atoms with Crippen molar-refractivity contribution in [3.8, 4) is 0 Å². The van der Waals surface area contributed by atoms with Gasteiger partial charge in [0, 0.05) is 6.42 Å². The molecule has 0 aromatic heterocycles. The third-order valence-electron chi connectivity index (χ3n) is 6.26. The third kappa shape index (κ3) is 6.95. The topological polar surface area (TPSA) is 38.3 Å². The molecule has 0 unspecified atom stereocenters. The van der Waals surface area contributed by atoms with E-state index in [0.717, 1.165) is 50.8 Å². The molecule has 1 aliphatic rings. The monoisotopic (exact) mass is 375 g/mol. The minimum atomic E-state index is -0.481. The second-order valence-electron chi connectivity index (χ2n) is 9.11. The number of hydrogen-bond donors (Lipinski definition) is 1. The van der Waals surface area contributed by atoms with Crippen LogP contribution in [0.25, 0.3) is 0 Å². The predicted octanol–water partition coefficient (Wildman–Crippen LogP) is 6.12. The highest BCUT2D eigenvalue weighted by Crippen LogP contribution is 2.43. The minimum absolute atomic E-state index is 0.248. The molecule has 1 atom stereocenters. The summed E-state index contributed by atoms with van der Waals surface area (Å²) in [5, 5.41) is 3.09. The molecule has 0 aromatic carbocycles. The summed E-state index contributed by atoms with van der Waals surface area (Å²) in [6.07, 6.45) is 8.29. The Morgan fingerprint density at radius 2 is 2.00 bits per heavy atom. The SMILES string of the molecule is C=C1C(C)=C(CCCCOC(CC[C@](C)(C=O)NC)=C(C)C)CCC1(C)C. The average Bonchev–Trinajstić information content (AvgIpc) is 2.63. The van der Waals surface area contributed by atoms with Crippen molar-refractivity contribution in [1.29, 1.82) is 0 Å². The Morgan fingerprint density at radius 1 is 1.33 bits per heavy atom. The largest absolute Gasteiger partial charge is 0.498 e. The van der Waals surface area contributed by atoms with Gasteiger partial charge in [0.25, 0.3) is 0 Å². The van der Waals surface area contributed by atoms with E-state index in [4.69, 9.17) is 4.74 Å². The molecule has 0 aliphatic heterocycles. The van der Waals surface area contributed by atoms with Gasteiger partial charge in [-0.1, -0.05) is 26.0 Å². The highest BCUT2D eigenvalue weighted by molar-refractivity contribution is 5.63. The standard InChI is InChI=1S/C24H41NO2/c1-18(2)22(13-15-24(7,17-26)25-8)27-16-10-9-11-21-12-14-23(5,6)20(4)19(21)3/h17,25H,4,9-16H2,1-3,5-8H3/t24-/m1/s1. The van der Waals surface area contributed by atoms with Crippen molar-refractivity contribution in [3.05, 3.63) is 34.6 Å². The number of carbonyl (C=O) groups is 1. The Morgan fingerprint density at radius 3 is 2.56 bits per heavy atom. The summed E-state index contributed by atoms with van der Waals surface area (Å²) in [6, 6.07) is 0. The smallest absolute Gasteiger partial charge is 0.139 e. The molecule has 1 rings (SSSR count). The number of carbonyl (C=O) groups excluding carboxylic acids is 1. The van der Waals surface area contributed by atoms with Gasteiger partial charge in [-0.25, -0.2) is 0 Å². The number of hydrogen-bond acceptors (Lipinski definition) is 3. The molecular formula is C24H41NO2. The van der Waals surface area contributed by atoms with E-state index in [9.17, 15) is 4.79 Å². The normalized spacial score (nSPS) is 18.9. The molecule has 0 heterocycles. The summed E-state index contributed by atoms with van der Waals surface area (Å²) in [5.41, 5.74) is 5.29. The average molecular weight is 376 g/mol. The first kappa shape index (κ1) is 23.7. The Labute approximate surface area is 167 Å². The van der Waals surface area contributed by atoms with Gasteiger partial charge >= 0.3 is 0 Å². The summed E-state index contributed by atoms with van der Waals surface area (Å²) in [7, 11) is 1.83. The predicted molar refractivity (Wildman–Crippen MR) is 116 cm³/mol. The van der Waals surface area contributed by atoms with Gasteiger partial charge in [0.05, 0.1) is 17.9 Å².